The number of benzene rings is 2. The number of methoxy groups -OCH3 is 2. The van der Waals surface area contributed by atoms with Gasteiger partial charge in [0.25, 0.3) is 0 Å². The van der Waals surface area contributed by atoms with Crippen LogP contribution in [0.3, 0.4) is 0 Å². The minimum atomic E-state index is -1.18. The summed E-state index contributed by atoms with van der Waals surface area (Å²) in [7, 11) is 2.90. The first kappa shape index (κ1) is 36.3. The first-order valence-corrected chi connectivity index (χ1v) is 12.6. The van der Waals surface area contributed by atoms with Crippen molar-refractivity contribution >= 4 is 35.1 Å². The Bertz CT molecular complexity index is 1440. The van der Waals surface area contributed by atoms with Crippen LogP contribution in [-0.4, -0.2) is 61.8 Å². The van der Waals surface area contributed by atoms with Crippen molar-refractivity contribution in [3.8, 4) is 11.8 Å². The monoisotopic (exact) mass is 666 g/mol. The number of aryl methyl sites for hydroxylation is 2. The Labute approximate surface area is 265 Å². The van der Waals surface area contributed by atoms with Crippen LogP contribution in [0.4, 0.5) is 0 Å². The molecule has 11 nitrogen and oxygen atoms in total. The molecule has 0 amide bonds. The van der Waals surface area contributed by atoms with Crippen LogP contribution in [0.1, 0.15) is 54.9 Å². The predicted octanol–water partition coefficient (Wildman–Crippen LogP) is 4.64. The maximum atomic E-state index is 10.9. The molecule has 0 unspecified atom stereocenters. The number of carboxylic acid groups (broad SMARTS) is 2. The summed E-state index contributed by atoms with van der Waals surface area (Å²) in [5, 5.41) is 19.2. The van der Waals surface area contributed by atoms with Crippen LogP contribution in [0.5, 0.6) is 11.8 Å². The van der Waals surface area contributed by atoms with Gasteiger partial charge in [-0.3, -0.25) is 0 Å². The fraction of sp³-hybridized carbons (Fsp3) is 0.214. The first-order valence-electron chi connectivity index (χ1n) is 11.8. The third-order valence-electron chi connectivity index (χ3n) is 5.77. The van der Waals surface area contributed by atoms with E-state index in [9.17, 15) is 9.59 Å². The molecule has 0 saturated heterocycles. The van der Waals surface area contributed by atoms with E-state index in [1.54, 1.807) is 26.0 Å². The molecule has 0 aliphatic rings. The standard InChI is InChI=1S/2C14H13ClN2O3.H2O.Zn/c2*1-8-10(7-9-5-3-4-6-11(9)15)13(20-2)17-12(16-8)14(18)19;;/h2*3-6H,7H2,1-2H3,(H,18,19);1H2;. The molecule has 0 fully saturated rings. The Hall–Kier alpha value is -3.70. The number of aromatic nitrogens is 4. The molecule has 4 N–H and O–H groups in total. The summed E-state index contributed by atoms with van der Waals surface area (Å²) in [4.78, 5) is 37.6. The zero-order chi connectivity index (χ0) is 29.4. The van der Waals surface area contributed by atoms with E-state index in [0.717, 1.165) is 22.3 Å². The molecule has 42 heavy (non-hydrogen) atoms. The molecule has 2 aromatic carbocycles. The first-order chi connectivity index (χ1) is 19.0. The quantitative estimate of drug-likeness (QED) is 0.252. The maximum Gasteiger partial charge on any atom is 0.374 e. The van der Waals surface area contributed by atoms with Crippen molar-refractivity contribution in [2.45, 2.75) is 26.7 Å². The number of halogens is 2. The Morgan fingerprint density at radius 1 is 0.690 bits per heavy atom. The summed E-state index contributed by atoms with van der Waals surface area (Å²) in [6.45, 7) is 3.45. The SMILES string of the molecule is COc1nc(C(=O)O)nc(C)c1Cc1ccccc1Cl.COc1nc(C(=O)O)nc(C)c1Cc1ccccc1Cl.O.[Zn]. The average molecular weight is 669 g/mol. The summed E-state index contributed by atoms with van der Waals surface area (Å²) in [5.41, 5.74) is 4.39. The molecule has 4 aromatic rings. The van der Waals surface area contributed by atoms with Crippen LogP contribution < -0.4 is 9.47 Å². The van der Waals surface area contributed by atoms with Gasteiger partial charge in [0.2, 0.25) is 23.4 Å². The Morgan fingerprint density at radius 3 is 1.31 bits per heavy atom. The van der Waals surface area contributed by atoms with Crippen molar-refractivity contribution in [1.82, 2.24) is 19.9 Å². The molecule has 0 aliphatic heterocycles. The van der Waals surface area contributed by atoms with E-state index in [4.69, 9.17) is 42.9 Å². The van der Waals surface area contributed by atoms with E-state index in [2.05, 4.69) is 19.9 Å². The number of carbonyl (C=O) groups is 2. The molecule has 2 heterocycles. The van der Waals surface area contributed by atoms with Gasteiger partial charge < -0.3 is 25.2 Å². The van der Waals surface area contributed by atoms with Crippen molar-refractivity contribution in [3.05, 3.63) is 104 Å². The summed E-state index contributed by atoms with van der Waals surface area (Å²) < 4.78 is 10.3. The largest absolute Gasteiger partial charge is 0.481 e. The molecule has 0 saturated carbocycles. The van der Waals surface area contributed by atoms with Gasteiger partial charge in [0.1, 0.15) is 0 Å². The van der Waals surface area contributed by atoms with Gasteiger partial charge in [-0.15, -0.1) is 0 Å². The van der Waals surface area contributed by atoms with E-state index in [1.165, 1.54) is 14.2 Å². The fourth-order valence-electron chi connectivity index (χ4n) is 3.74. The van der Waals surface area contributed by atoms with Crippen LogP contribution in [0, 0.1) is 13.8 Å². The van der Waals surface area contributed by atoms with E-state index < -0.39 is 11.9 Å². The van der Waals surface area contributed by atoms with Gasteiger partial charge in [0.15, 0.2) is 0 Å². The molecule has 0 spiro atoms. The zero-order valence-electron chi connectivity index (χ0n) is 23.3. The van der Waals surface area contributed by atoms with Crippen LogP contribution in [0.15, 0.2) is 48.5 Å². The Kier molecular flexibility index (Phi) is 14.4. The van der Waals surface area contributed by atoms with Crippen molar-refractivity contribution in [2.75, 3.05) is 14.2 Å². The zero-order valence-corrected chi connectivity index (χ0v) is 27.8. The third kappa shape index (κ3) is 9.15. The summed E-state index contributed by atoms with van der Waals surface area (Å²) in [5.74, 6) is -2.40. The molecule has 4 rings (SSSR count). The van der Waals surface area contributed by atoms with Crippen LogP contribution in [-0.2, 0) is 32.3 Å². The van der Waals surface area contributed by atoms with E-state index in [1.807, 2.05) is 36.4 Å². The summed E-state index contributed by atoms with van der Waals surface area (Å²) in [6, 6.07) is 14.8. The topological polar surface area (TPSA) is 176 Å². The molecule has 0 atom stereocenters. The molecule has 0 bridgehead atoms. The predicted molar refractivity (Wildman–Crippen MR) is 153 cm³/mol. The number of nitrogens with zero attached hydrogens (tertiary/aromatic N) is 4. The molecule has 218 valence electrons. The van der Waals surface area contributed by atoms with E-state index in [-0.39, 0.29) is 48.4 Å². The van der Waals surface area contributed by atoms with Crippen LogP contribution in [0.2, 0.25) is 10.0 Å². The second-order valence-corrected chi connectivity index (χ2v) is 9.20. The van der Waals surface area contributed by atoms with E-state index >= 15 is 0 Å². The van der Waals surface area contributed by atoms with Gasteiger partial charge in [-0.2, -0.15) is 9.97 Å². The third-order valence-corrected chi connectivity index (χ3v) is 6.51. The van der Waals surface area contributed by atoms with Gasteiger partial charge >= 0.3 is 11.9 Å². The Balaban J connectivity index is 0.000000401. The summed E-state index contributed by atoms with van der Waals surface area (Å²) in [6.07, 6.45) is 0.961. The minimum Gasteiger partial charge on any atom is -0.481 e. The van der Waals surface area contributed by atoms with Crippen LogP contribution in [0.25, 0.3) is 0 Å². The second kappa shape index (κ2) is 16.7. The van der Waals surface area contributed by atoms with Gasteiger partial charge in [0.05, 0.1) is 14.2 Å². The number of hydrogen-bond acceptors (Lipinski definition) is 8. The van der Waals surface area contributed by atoms with Crippen molar-refractivity contribution in [3.63, 3.8) is 0 Å². The number of rotatable bonds is 8. The minimum absolute atomic E-state index is 0. The molecule has 2 aromatic heterocycles. The average Bonchev–Trinajstić information content (AvgIpc) is 2.92. The van der Waals surface area contributed by atoms with Crippen LogP contribution >= 0.6 is 23.2 Å². The van der Waals surface area contributed by atoms with Crippen molar-refractivity contribution in [2.24, 2.45) is 0 Å². The molecule has 0 radical (unpaired) electrons. The number of hydrogen-bond donors (Lipinski definition) is 2. The normalized spacial score (nSPS) is 9.86. The number of ether oxygens (including phenoxy) is 2. The van der Waals surface area contributed by atoms with Gasteiger partial charge in [-0.05, 0) is 37.1 Å². The maximum absolute atomic E-state index is 10.9. The van der Waals surface area contributed by atoms with Gasteiger partial charge in [-0.25, -0.2) is 19.6 Å². The second-order valence-electron chi connectivity index (χ2n) is 8.39. The fourth-order valence-corrected chi connectivity index (χ4v) is 4.15. The number of carboxylic acids is 2. The smallest absolute Gasteiger partial charge is 0.374 e. The van der Waals surface area contributed by atoms with Gasteiger partial charge in [0, 0.05) is 64.9 Å². The molecule has 0 aliphatic carbocycles. The van der Waals surface area contributed by atoms with E-state index in [0.29, 0.717) is 34.3 Å². The Morgan fingerprint density at radius 2 is 1.02 bits per heavy atom. The molecular weight excluding hydrogens is 641 g/mol. The summed E-state index contributed by atoms with van der Waals surface area (Å²) >= 11 is 12.3. The van der Waals surface area contributed by atoms with Crippen molar-refractivity contribution < 1.29 is 54.2 Å². The molecular formula is C28H28Cl2N4O7Zn. The van der Waals surface area contributed by atoms with Crippen molar-refractivity contribution in [1.29, 1.82) is 0 Å². The number of aromatic carboxylic acids is 2. The van der Waals surface area contributed by atoms with Gasteiger partial charge in [-0.1, -0.05) is 59.6 Å². The molecule has 14 heteroatoms.